The van der Waals surface area contributed by atoms with Crippen LogP contribution in [-0.4, -0.2) is 70.6 Å². The number of rotatable bonds is 10. The lowest BCUT2D eigenvalue weighted by atomic mass is 9.89. The lowest BCUT2D eigenvalue weighted by Crippen LogP contribution is -2.65. The van der Waals surface area contributed by atoms with E-state index in [1.54, 1.807) is 40.7 Å². The molecule has 1 amide bonds. The molecule has 1 aromatic heterocycles. The Morgan fingerprint density at radius 1 is 1.13 bits per heavy atom. The second-order valence-electron chi connectivity index (χ2n) is 12.7. The highest BCUT2D eigenvalue weighted by molar-refractivity contribution is 5.99. The van der Waals surface area contributed by atoms with E-state index in [2.05, 4.69) is 5.32 Å². The van der Waals surface area contributed by atoms with E-state index in [9.17, 15) is 29.7 Å². The van der Waals surface area contributed by atoms with Gasteiger partial charge in [-0.05, 0) is 90.8 Å². The molecule has 47 heavy (non-hydrogen) atoms. The largest absolute Gasteiger partial charge is 0.508 e. The summed E-state index contributed by atoms with van der Waals surface area (Å²) < 4.78 is 28.8. The number of aliphatic hydroxyl groups is 1. The molecule has 4 atom stereocenters. The van der Waals surface area contributed by atoms with Crippen molar-refractivity contribution in [3.63, 3.8) is 0 Å². The number of alkyl carbamates (subject to hydrolysis) is 1. The standard InChI is InChI=1S/C35H43NO11/c1-17(2)9-10-20-15-21(11-13-24(20)37)25(38)16-23-27(39)22-12-14-26(19(5)29(22)45-32(23)41)44-33-28(40)30(46-34(42)36-18(3)4)31(43-8)35(6,7)47-33/h9,11-15,18,28,30-31,33,37,39-40H,10,16H2,1-8H3,(H,36,42)/t28-,30+,31-,33-/m1/s1. The number of carbonyl (C=O) groups excluding carboxylic acids is 2. The summed E-state index contributed by atoms with van der Waals surface area (Å²) in [6.45, 7) is 12.4. The number of methoxy groups -OCH3 is 1. The third-order valence-electron chi connectivity index (χ3n) is 7.97. The number of aliphatic hydroxyl groups excluding tert-OH is 1. The average Bonchev–Trinajstić information content (AvgIpc) is 2.98. The van der Waals surface area contributed by atoms with Crippen LogP contribution in [0.1, 0.15) is 68.6 Å². The molecule has 12 nitrogen and oxygen atoms in total. The number of Topliss-reactive ketones (excluding diaryl/α,β-unsaturated/α-hetero) is 1. The Morgan fingerprint density at radius 3 is 2.47 bits per heavy atom. The fraction of sp³-hybridized carbons (Fsp3) is 0.457. The topological polar surface area (TPSA) is 174 Å². The van der Waals surface area contributed by atoms with E-state index in [-0.39, 0.29) is 39.6 Å². The van der Waals surface area contributed by atoms with Crippen LogP contribution in [0.25, 0.3) is 11.0 Å². The van der Waals surface area contributed by atoms with Gasteiger partial charge >= 0.3 is 11.7 Å². The second kappa shape index (κ2) is 14.2. The van der Waals surface area contributed by atoms with Crippen molar-refractivity contribution in [3.8, 4) is 17.2 Å². The first-order valence-electron chi connectivity index (χ1n) is 15.3. The van der Waals surface area contributed by atoms with Crippen molar-refractivity contribution in [1.82, 2.24) is 5.32 Å². The molecule has 0 unspecified atom stereocenters. The van der Waals surface area contributed by atoms with E-state index in [0.717, 1.165) is 5.57 Å². The zero-order chi connectivity index (χ0) is 34.8. The van der Waals surface area contributed by atoms with E-state index in [1.807, 2.05) is 19.9 Å². The van der Waals surface area contributed by atoms with Crippen molar-refractivity contribution >= 4 is 22.8 Å². The van der Waals surface area contributed by atoms with Crippen molar-refractivity contribution in [2.24, 2.45) is 0 Å². The fourth-order valence-electron chi connectivity index (χ4n) is 5.52. The fourth-order valence-corrected chi connectivity index (χ4v) is 5.52. The summed E-state index contributed by atoms with van der Waals surface area (Å²) in [6, 6.07) is 7.21. The minimum atomic E-state index is -1.47. The molecule has 0 saturated carbocycles. The molecule has 1 fully saturated rings. The molecule has 2 heterocycles. The van der Waals surface area contributed by atoms with Gasteiger partial charge in [-0.1, -0.05) is 11.6 Å². The molecule has 4 N–H and O–H groups in total. The highest BCUT2D eigenvalue weighted by atomic mass is 16.7. The van der Waals surface area contributed by atoms with Crippen LogP contribution in [0.4, 0.5) is 4.79 Å². The Balaban J connectivity index is 1.61. The molecule has 1 aliphatic rings. The molecule has 254 valence electrons. The Kier molecular flexibility index (Phi) is 10.7. The predicted octanol–water partition coefficient (Wildman–Crippen LogP) is 4.84. The van der Waals surface area contributed by atoms with Gasteiger partial charge in [-0.3, -0.25) is 4.79 Å². The molecule has 0 aliphatic carbocycles. The van der Waals surface area contributed by atoms with Crippen LogP contribution in [0, 0.1) is 6.92 Å². The predicted molar refractivity (Wildman–Crippen MR) is 173 cm³/mol. The number of amides is 1. The summed E-state index contributed by atoms with van der Waals surface area (Å²) in [4.78, 5) is 38.7. The monoisotopic (exact) mass is 653 g/mol. The van der Waals surface area contributed by atoms with Crippen molar-refractivity contribution in [1.29, 1.82) is 0 Å². The van der Waals surface area contributed by atoms with Gasteiger partial charge in [0.25, 0.3) is 0 Å². The molecule has 0 radical (unpaired) electrons. The maximum Gasteiger partial charge on any atom is 0.407 e. The first-order chi connectivity index (χ1) is 22.0. The van der Waals surface area contributed by atoms with Crippen molar-refractivity contribution in [3.05, 3.63) is 74.7 Å². The second-order valence-corrected chi connectivity index (χ2v) is 12.7. The summed E-state index contributed by atoms with van der Waals surface area (Å²) >= 11 is 0. The third kappa shape index (κ3) is 7.78. The number of aromatic hydroxyl groups is 2. The van der Waals surface area contributed by atoms with Gasteiger partial charge in [-0.15, -0.1) is 0 Å². The average molecular weight is 654 g/mol. The Bertz CT molecular complexity index is 1740. The first-order valence-corrected chi connectivity index (χ1v) is 15.3. The summed E-state index contributed by atoms with van der Waals surface area (Å²) in [5.41, 5.74) is 0.0159. The normalized spacial score (nSPS) is 20.6. The Hall–Kier alpha value is -4.39. The number of benzene rings is 2. The van der Waals surface area contributed by atoms with E-state index in [0.29, 0.717) is 17.5 Å². The van der Waals surface area contributed by atoms with Crippen molar-refractivity contribution < 1.29 is 48.3 Å². The number of hydrogen-bond acceptors (Lipinski definition) is 11. The highest BCUT2D eigenvalue weighted by Crippen LogP contribution is 2.38. The quantitative estimate of drug-likeness (QED) is 0.134. The van der Waals surface area contributed by atoms with Crippen molar-refractivity contribution in [2.45, 2.75) is 97.6 Å². The van der Waals surface area contributed by atoms with Crippen molar-refractivity contribution in [2.75, 3.05) is 7.11 Å². The maximum absolute atomic E-state index is 13.2. The maximum atomic E-state index is 13.2. The number of aryl methyl sites for hydroxylation is 1. The van der Waals surface area contributed by atoms with Crippen LogP contribution in [0.15, 0.2) is 51.2 Å². The summed E-state index contributed by atoms with van der Waals surface area (Å²) in [5, 5.41) is 35.3. The summed E-state index contributed by atoms with van der Waals surface area (Å²) in [7, 11) is 1.41. The lowest BCUT2D eigenvalue weighted by Gasteiger charge is -2.47. The smallest absolute Gasteiger partial charge is 0.407 e. The number of phenols is 1. The van der Waals surface area contributed by atoms with Crippen LogP contribution >= 0.6 is 0 Å². The Morgan fingerprint density at radius 2 is 1.83 bits per heavy atom. The van der Waals surface area contributed by atoms with Gasteiger partial charge in [0.1, 0.15) is 28.9 Å². The number of ketones is 1. The number of hydrogen-bond donors (Lipinski definition) is 4. The summed E-state index contributed by atoms with van der Waals surface area (Å²) in [6.07, 6.45) is -3.63. The molecular weight excluding hydrogens is 610 g/mol. The van der Waals surface area contributed by atoms with Gasteiger partial charge in [0.15, 0.2) is 18.0 Å². The number of nitrogens with one attached hydrogen (secondary N) is 1. The molecule has 0 bridgehead atoms. The van der Waals surface area contributed by atoms with Gasteiger partial charge in [0.2, 0.25) is 6.29 Å². The zero-order valence-corrected chi connectivity index (χ0v) is 27.9. The van der Waals surface area contributed by atoms with E-state index in [1.165, 1.54) is 31.4 Å². The van der Waals surface area contributed by atoms with Gasteiger partial charge in [-0.25, -0.2) is 9.59 Å². The molecule has 12 heteroatoms. The molecule has 3 aromatic rings. The van der Waals surface area contributed by atoms with Crippen LogP contribution < -0.4 is 15.7 Å². The van der Waals surface area contributed by atoms with Gasteiger partial charge in [0, 0.05) is 30.7 Å². The number of phenolic OH excluding ortho intramolecular Hbond substituents is 1. The molecule has 4 rings (SSSR count). The van der Waals surface area contributed by atoms with Gasteiger partial charge in [0.05, 0.1) is 16.6 Å². The van der Waals surface area contributed by atoms with Gasteiger partial charge < -0.3 is 44.0 Å². The minimum Gasteiger partial charge on any atom is -0.508 e. The molecule has 1 saturated heterocycles. The summed E-state index contributed by atoms with van der Waals surface area (Å²) in [5.74, 6) is -0.641. The molecule has 2 aromatic carbocycles. The molecular formula is C35H43NO11. The highest BCUT2D eigenvalue weighted by Gasteiger charge is 2.53. The molecule has 1 aliphatic heterocycles. The van der Waals surface area contributed by atoms with Crippen LogP contribution in [-0.2, 0) is 27.1 Å². The van der Waals surface area contributed by atoms with Crippen LogP contribution in [0.5, 0.6) is 17.2 Å². The Labute approximate surface area is 272 Å². The number of fused-ring (bicyclic) bond motifs is 1. The van der Waals surface area contributed by atoms with E-state index in [4.69, 9.17) is 23.4 Å². The van der Waals surface area contributed by atoms with E-state index >= 15 is 0 Å². The third-order valence-corrected chi connectivity index (χ3v) is 7.97. The van der Waals surface area contributed by atoms with Crippen LogP contribution in [0.3, 0.4) is 0 Å². The van der Waals surface area contributed by atoms with E-state index < -0.39 is 59.9 Å². The number of allylic oxidation sites excluding steroid dienone is 2. The SMILES string of the molecule is CO[C@@H]1[C@@H](OC(=O)NC(C)C)[C@@H](O)[C@H](Oc2ccc3c(O)c(CC(=O)c4ccc(O)c(CC=C(C)C)c4)c(=O)oc3c2C)OC1(C)C. The zero-order valence-electron chi connectivity index (χ0n) is 27.9. The first kappa shape index (κ1) is 35.5. The molecule has 0 spiro atoms. The van der Waals surface area contributed by atoms with Gasteiger partial charge in [-0.2, -0.15) is 0 Å². The lowest BCUT2D eigenvalue weighted by molar-refractivity contribution is -0.305. The minimum absolute atomic E-state index is 0.0123. The van der Waals surface area contributed by atoms with Crippen LogP contribution in [0.2, 0.25) is 0 Å². The number of carbonyl (C=O) groups is 2. The number of ether oxygens (including phenoxy) is 4.